The molecule has 2 aromatic carbocycles. The number of anilines is 1. The van der Waals surface area contributed by atoms with Crippen LogP contribution in [0.25, 0.3) is 10.2 Å². The lowest BCUT2D eigenvalue weighted by Crippen LogP contribution is -2.53. The van der Waals surface area contributed by atoms with Crippen molar-refractivity contribution in [2.45, 2.75) is 63.7 Å². The highest BCUT2D eigenvalue weighted by molar-refractivity contribution is 7.89. The second-order valence-electron chi connectivity index (χ2n) is 11.3. The number of sulfonamides is 1. The Labute approximate surface area is 270 Å². The number of aliphatic hydroxyl groups excluding tert-OH is 1. The Bertz CT molecular complexity index is 1760. The fraction of sp³-hybridized carbons (Fsp3) is 0.419. The molecule has 1 fully saturated rings. The molecule has 1 aliphatic heterocycles. The number of thiazole rings is 2. The summed E-state index contributed by atoms with van der Waals surface area (Å²) in [4.78, 5) is 36.4. The van der Waals surface area contributed by atoms with Crippen molar-refractivity contribution in [3.8, 4) is 0 Å². The van der Waals surface area contributed by atoms with Crippen LogP contribution in [0, 0.1) is 19.8 Å². The Morgan fingerprint density at radius 3 is 2.64 bits per heavy atom. The number of aryl methyl sites for hydroxylation is 2. The number of ether oxygens (including phenoxy) is 1. The molecule has 4 aromatic rings. The molecule has 45 heavy (non-hydrogen) atoms. The molecule has 240 valence electrons. The van der Waals surface area contributed by atoms with Crippen LogP contribution in [0.4, 0.5) is 9.80 Å². The summed E-state index contributed by atoms with van der Waals surface area (Å²) in [5.41, 5.74) is 3.89. The lowest BCUT2D eigenvalue weighted by molar-refractivity contribution is -0.129. The quantitative estimate of drug-likeness (QED) is 0.211. The normalized spacial score (nSPS) is 17.4. The van der Waals surface area contributed by atoms with Gasteiger partial charge in [-0.25, -0.2) is 23.2 Å². The Kier molecular flexibility index (Phi) is 10.2. The van der Waals surface area contributed by atoms with Crippen molar-refractivity contribution in [3.05, 3.63) is 70.3 Å². The first kappa shape index (κ1) is 32.9. The van der Waals surface area contributed by atoms with Crippen LogP contribution in [0.15, 0.2) is 58.9 Å². The fourth-order valence-electron chi connectivity index (χ4n) is 5.19. The molecule has 2 N–H and O–H groups in total. The van der Waals surface area contributed by atoms with Crippen LogP contribution in [0.1, 0.15) is 36.5 Å². The minimum atomic E-state index is -4.01. The van der Waals surface area contributed by atoms with Crippen molar-refractivity contribution in [1.82, 2.24) is 19.6 Å². The minimum absolute atomic E-state index is 0.00410. The number of fused-ring (bicyclic) bond motifs is 1. The van der Waals surface area contributed by atoms with Crippen LogP contribution in [0.2, 0.25) is 0 Å². The van der Waals surface area contributed by atoms with Gasteiger partial charge in [-0.3, -0.25) is 9.69 Å². The Morgan fingerprint density at radius 2 is 1.96 bits per heavy atom. The Balaban J connectivity index is 1.38. The van der Waals surface area contributed by atoms with Gasteiger partial charge >= 0.3 is 6.09 Å². The molecule has 0 bridgehead atoms. The first-order valence-electron chi connectivity index (χ1n) is 14.7. The number of aliphatic hydroxyl groups is 1. The van der Waals surface area contributed by atoms with Gasteiger partial charge in [-0.1, -0.05) is 50.6 Å². The number of hydrogen-bond donors (Lipinski definition) is 2. The molecular weight excluding hydrogens is 635 g/mol. The molecule has 5 rings (SSSR count). The lowest BCUT2D eigenvalue weighted by atomic mass is 10.0. The monoisotopic (exact) mass is 671 g/mol. The summed E-state index contributed by atoms with van der Waals surface area (Å²) in [5.74, 6) is -0.555. The zero-order valence-corrected chi connectivity index (χ0v) is 28.0. The highest BCUT2D eigenvalue weighted by atomic mass is 32.2. The zero-order chi connectivity index (χ0) is 32.3. The summed E-state index contributed by atoms with van der Waals surface area (Å²) in [6.45, 7) is 7.50. The number of amides is 2. The number of rotatable bonds is 13. The molecule has 11 nitrogen and oxygen atoms in total. The fourth-order valence-corrected chi connectivity index (χ4v) is 8.50. The number of nitrogens with one attached hydrogen (secondary N) is 1. The van der Waals surface area contributed by atoms with E-state index in [1.165, 1.54) is 37.9 Å². The van der Waals surface area contributed by atoms with Crippen LogP contribution < -0.4 is 10.2 Å². The van der Waals surface area contributed by atoms with E-state index in [2.05, 4.69) is 15.3 Å². The van der Waals surface area contributed by atoms with Crippen molar-refractivity contribution in [2.75, 3.05) is 24.5 Å². The highest BCUT2D eigenvalue weighted by Gasteiger charge is 2.40. The van der Waals surface area contributed by atoms with Gasteiger partial charge in [-0.15, -0.1) is 22.7 Å². The van der Waals surface area contributed by atoms with Gasteiger partial charge in [0.05, 0.1) is 50.0 Å². The molecule has 4 atom stereocenters. The van der Waals surface area contributed by atoms with Gasteiger partial charge in [-0.05, 0) is 49.9 Å². The predicted octanol–water partition coefficient (Wildman–Crippen LogP) is 4.52. The molecule has 14 heteroatoms. The van der Waals surface area contributed by atoms with Crippen molar-refractivity contribution >= 4 is 59.9 Å². The van der Waals surface area contributed by atoms with Crippen LogP contribution in [-0.2, 0) is 26.0 Å². The summed E-state index contributed by atoms with van der Waals surface area (Å²) in [7, 11) is -4.01. The lowest BCUT2D eigenvalue weighted by Gasteiger charge is -2.31. The molecule has 2 aromatic heterocycles. The van der Waals surface area contributed by atoms with Crippen LogP contribution in [0.5, 0.6) is 0 Å². The standard InChI is InChI=1S/C31H37N5O6S3/c1-5-19(2)15-35(45(40,41)23-11-12-24-28(14-23)43-18-32-24)16-26(37)25(13-22-9-7-6-8-10-22)34-29(38)27-17-36(31(39)42-27)30-20(3)33-21(4)44-30/h6-12,14,18-19,25-27,37H,5,13,15-17H2,1-4H3,(H,34,38)/t19-,25?,26?,27?/m1/s1. The third-order valence-corrected chi connectivity index (χ3v) is 11.6. The van der Waals surface area contributed by atoms with Gasteiger partial charge in [0.25, 0.3) is 5.91 Å². The number of carbonyl (C=O) groups excluding carboxylic acids is 2. The average molecular weight is 672 g/mol. The molecule has 0 saturated carbocycles. The third kappa shape index (κ3) is 7.52. The largest absolute Gasteiger partial charge is 0.434 e. The maximum atomic E-state index is 14.0. The van der Waals surface area contributed by atoms with E-state index in [-0.39, 0.29) is 36.9 Å². The Hall–Kier alpha value is -3.43. The molecular formula is C31H37N5O6S3. The highest BCUT2D eigenvalue weighted by Crippen LogP contribution is 2.31. The maximum Gasteiger partial charge on any atom is 0.415 e. The molecule has 0 radical (unpaired) electrons. The first-order valence-corrected chi connectivity index (χ1v) is 17.9. The van der Waals surface area contributed by atoms with Crippen molar-refractivity contribution in [1.29, 1.82) is 0 Å². The van der Waals surface area contributed by atoms with E-state index in [4.69, 9.17) is 4.74 Å². The maximum absolute atomic E-state index is 14.0. The van der Waals surface area contributed by atoms with E-state index in [9.17, 15) is 23.1 Å². The summed E-state index contributed by atoms with van der Waals surface area (Å²) in [6, 6.07) is 13.2. The number of carbonyl (C=O) groups is 2. The SMILES string of the molecule is CC[C@@H](C)CN(CC(O)C(Cc1ccccc1)NC(=O)C1CN(c2sc(C)nc2C)C(=O)O1)S(=O)(=O)c1ccc2ncsc2c1. The van der Waals surface area contributed by atoms with Crippen molar-refractivity contribution < 1.29 is 27.9 Å². The van der Waals surface area contributed by atoms with Gasteiger partial charge in [0.1, 0.15) is 5.00 Å². The smallest absolute Gasteiger partial charge is 0.415 e. The van der Waals surface area contributed by atoms with Crippen molar-refractivity contribution in [3.63, 3.8) is 0 Å². The topological polar surface area (TPSA) is 142 Å². The average Bonchev–Trinajstić information content (AvgIpc) is 3.73. The van der Waals surface area contributed by atoms with Crippen LogP contribution >= 0.6 is 22.7 Å². The van der Waals surface area contributed by atoms with Crippen molar-refractivity contribution in [2.24, 2.45) is 5.92 Å². The molecule has 3 unspecified atom stereocenters. The molecule has 1 aliphatic rings. The van der Waals surface area contributed by atoms with Gasteiger partial charge in [0.15, 0.2) is 6.10 Å². The molecule has 3 heterocycles. The number of benzene rings is 2. The number of hydrogen-bond acceptors (Lipinski definition) is 10. The number of nitrogens with zero attached hydrogens (tertiary/aromatic N) is 4. The number of aromatic nitrogens is 2. The predicted molar refractivity (Wildman–Crippen MR) is 175 cm³/mol. The van der Waals surface area contributed by atoms with E-state index in [0.717, 1.165) is 21.7 Å². The van der Waals surface area contributed by atoms with E-state index < -0.39 is 40.3 Å². The zero-order valence-electron chi connectivity index (χ0n) is 25.5. The van der Waals surface area contributed by atoms with E-state index >= 15 is 0 Å². The van der Waals surface area contributed by atoms with Gasteiger partial charge < -0.3 is 15.2 Å². The second-order valence-corrected chi connectivity index (χ2v) is 15.3. The number of cyclic esters (lactones) is 1. The van der Waals surface area contributed by atoms with E-state index in [0.29, 0.717) is 16.2 Å². The van der Waals surface area contributed by atoms with Crippen LogP contribution in [-0.4, -0.2) is 77.7 Å². The minimum Gasteiger partial charge on any atom is -0.434 e. The summed E-state index contributed by atoms with van der Waals surface area (Å²) in [5, 5.41) is 15.9. The van der Waals surface area contributed by atoms with Gasteiger partial charge in [-0.2, -0.15) is 4.31 Å². The van der Waals surface area contributed by atoms with E-state index in [1.807, 2.05) is 51.1 Å². The van der Waals surface area contributed by atoms with Gasteiger partial charge in [0.2, 0.25) is 10.0 Å². The first-order chi connectivity index (χ1) is 21.5. The summed E-state index contributed by atoms with van der Waals surface area (Å²) in [6.07, 6.45) is -2.07. The van der Waals surface area contributed by atoms with E-state index in [1.54, 1.807) is 24.6 Å². The van der Waals surface area contributed by atoms with Crippen LogP contribution in [0.3, 0.4) is 0 Å². The molecule has 2 amide bonds. The molecule has 1 saturated heterocycles. The summed E-state index contributed by atoms with van der Waals surface area (Å²) < 4.78 is 35.4. The summed E-state index contributed by atoms with van der Waals surface area (Å²) >= 11 is 2.70. The van der Waals surface area contributed by atoms with Gasteiger partial charge in [0, 0.05) is 13.1 Å². The Morgan fingerprint density at radius 1 is 1.20 bits per heavy atom. The molecule has 0 spiro atoms. The third-order valence-electron chi connectivity index (χ3n) is 7.86. The molecule has 0 aliphatic carbocycles. The second kappa shape index (κ2) is 13.9.